The summed E-state index contributed by atoms with van der Waals surface area (Å²) in [5.41, 5.74) is 0.809. The van der Waals surface area contributed by atoms with Crippen molar-refractivity contribution in [2.24, 2.45) is 5.41 Å². The molecule has 140 valence electrons. The molecule has 1 saturated carbocycles. The Hall–Kier alpha value is -3.61. The molecule has 28 heavy (non-hydrogen) atoms. The van der Waals surface area contributed by atoms with Gasteiger partial charge in [-0.25, -0.2) is 0 Å². The number of ether oxygens (including phenoxy) is 2. The molecule has 0 spiro atoms. The summed E-state index contributed by atoms with van der Waals surface area (Å²) in [5.74, 6) is 0.579. The third kappa shape index (κ3) is 2.72. The fraction of sp³-hybridized carbons (Fsp3) is 0.190. The van der Waals surface area contributed by atoms with Gasteiger partial charge in [0, 0.05) is 23.3 Å². The normalized spacial score (nSPS) is 15.9. The molecule has 2 amide bonds. The van der Waals surface area contributed by atoms with Gasteiger partial charge in [0.1, 0.15) is 5.41 Å². The number of hydrogen-bond donors (Lipinski definition) is 2. The zero-order chi connectivity index (χ0) is 19.1. The third-order valence-electron chi connectivity index (χ3n) is 5.13. The molecule has 0 saturated heterocycles. The number of aromatic nitrogens is 1. The van der Waals surface area contributed by atoms with Gasteiger partial charge < -0.3 is 20.1 Å². The Labute approximate surface area is 160 Å². The van der Waals surface area contributed by atoms with Gasteiger partial charge in [-0.15, -0.1) is 0 Å². The van der Waals surface area contributed by atoms with E-state index in [0.717, 1.165) is 5.39 Å². The molecule has 0 atom stereocenters. The third-order valence-corrected chi connectivity index (χ3v) is 5.13. The number of hydrogen-bond acceptors (Lipinski definition) is 5. The van der Waals surface area contributed by atoms with Crippen LogP contribution in [-0.2, 0) is 9.59 Å². The Morgan fingerprint density at radius 2 is 1.71 bits per heavy atom. The Kier molecular flexibility index (Phi) is 3.68. The quantitative estimate of drug-likeness (QED) is 0.683. The number of amides is 2. The van der Waals surface area contributed by atoms with Crippen LogP contribution >= 0.6 is 0 Å². The highest BCUT2D eigenvalue weighted by molar-refractivity contribution is 6.18. The highest BCUT2D eigenvalue weighted by Crippen LogP contribution is 2.48. The van der Waals surface area contributed by atoms with E-state index in [0.29, 0.717) is 41.2 Å². The van der Waals surface area contributed by atoms with Gasteiger partial charge in [-0.1, -0.05) is 18.2 Å². The Morgan fingerprint density at radius 1 is 0.929 bits per heavy atom. The number of fused-ring (bicyclic) bond motifs is 2. The number of nitrogens with zero attached hydrogens (tertiary/aromatic N) is 1. The molecule has 1 fully saturated rings. The first-order chi connectivity index (χ1) is 13.7. The van der Waals surface area contributed by atoms with Crippen LogP contribution in [0, 0.1) is 5.41 Å². The molecule has 5 rings (SSSR count). The molecule has 0 unspecified atom stereocenters. The number of benzene rings is 2. The second-order valence-corrected chi connectivity index (χ2v) is 6.94. The van der Waals surface area contributed by atoms with Crippen molar-refractivity contribution in [1.29, 1.82) is 0 Å². The van der Waals surface area contributed by atoms with Gasteiger partial charge >= 0.3 is 0 Å². The number of carbonyl (C=O) groups excluding carboxylic acids is 2. The molecule has 2 N–H and O–H groups in total. The molecule has 2 aromatic carbocycles. The van der Waals surface area contributed by atoms with Crippen LogP contribution in [0.5, 0.6) is 11.5 Å². The number of rotatable bonds is 4. The number of anilines is 2. The molecule has 2 heterocycles. The minimum Gasteiger partial charge on any atom is -0.454 e. The van der Waals surface area contributed by atoms with E-state index in [2.05, 4.69) is 15.6 Å². The average Bonchev–Trinajstić information content (AvgIpc) is 3.41. The number of nitrogens with one attached hydrogen (secondary N) is 2. The van der Waals surface area contributed by atoms with Gasteiger partial charge in [-0.3, -0.25) is 14.6 Å². The lowest BCUT2D eigenvalue weighted by molar-refractivity contribution is -0.131. The first-order valence-corrected chi connectivity index (χ1v) is 9.02. The van der Waals surface area contributed by atoms with Gasteiger partial charge in [0.2, 0.25) is 18.6 Å². The zero-order valence-electron chi connectivity index (χ0n) is 14.9. The van der Waals surface area contributed by atoms with Gasteiger partial charge in [-0.2, -0.15) is 0 Å². The van der Waals surface area contributed by atoms with Crippen molar-refractivity contribution < 1.29 is 19.1 Å². The molecule has 7 nitrogen and oxygen atoms in total. The van der Waals surface area contributed by atoms with E-state index < -0.39 is 5.41 Å². The summed E-state index contributed by atoms with van der Waals surface area (Å²) < 4.78 is 10.6. The van der Waals surface area contributed by atoms with Crippen LogP contribution in [0.3, 0.4) is 0 Å². The van der Waals surface area contributed by atoms with Crippen molar-refractivity contribution >= 4 is 34.1 Å². The number of pyridine rings is 1. The standard InChI is InChI=1S/C21H17N3O4/c25-19(23-14-6-7-16-17(11-14)28-12-27-16)21(8-9-21)20(26)24-15-5-1-3-13-4-2-10-22-18(13)15/h1-7,10-11H,8-9,12H2,(H,23,25)(H,24,26). The number of para-hydroxylation sites is 1. The van der Waals surface area contributed by atoms with Crippen LogP contribution in [0.4, 0.5) is 11.4 Å². The van der Waals surface area contributed by atoms with Crippen molar-refractivity contribution in [3.63, 3.8) is 0 Å². The average molecular weight is 375 g/mol. The van der Waals surface area contributed by atoms with Crippen molar-refractivity contribution in [2.75, 3.05) is 17.4 Å². The van der Waals surface area contributed by atoms with E-state index in [4.69, 9.17) is 9.47 Å². The summed E-state index contributed by atoms with van der Waals surface area (Å²) in [6, 6.07) is 14.5. The van der Waals surface area contributed by atoms with Crippen molar-refractivity contribution in [1.82, 2.24) is 4.98 Å². The van der Waals surface area contributed by atoms with Crippen LogP contribution < -0.4 is 20.1 Å². The second-order valence-electron chi connectivity index (χ2n) is 6.94. The monoisotopic (exact) mass is 375 g/mol. The van der Waals surface area contributed by atoms with Crippen LogP contribution in [0.1, 0.15) is 12.8 Å². The summed E-state index contributed by atoms with van der Waals surface area (Å²) in [4.78, 5) is 30.1. The molecule has 0 radical (unpaired) electrons. The van der Waals surface area contributed by atoms with E-state index in [9.17, 15) is 9.59 Å². The predicted molar refractivity (Wildman–Crippen MR) is 103 cm³/mol. The van der Waals surface area contributed by atoms with Crippen LogP contribution in [0.15, 0.2) is 54.7 Å². The maximum atomic E-state index is 12.9. The summed E-state index contributed by atoms with van der Waals surface area (Å²) in [6.07, 6.45) is 2.69. The van der Waals surface area contributed by atoms with E-state index in [-0.39, 0.29) is 18.6 Å². The van der Waals surface area contributed by atoms with Gasteiger partial charge in [0.25, 0.3) is 0 Å². The van der Waals surface area contributed by atoms with Gasteiger partial charge in [0.05, 0.1) is 11.2 Å². The summed E-state index contributed by atoms with van der Waals surface area (Å²) in [6.45, 7) is 0.165. The van der Waals surface area contributed by atoms with Gasteiger partial charge in [-0.05, 0) is 37.1 Å². The number of carbonyl (C=O) groups is 2. The fourth-order valence-corrected chi connectivity index (χ4v) is 3.35. The molecule has 1 aliphatic carbocycles. The molecule has 7 heteroatoms. The van der Waals surface area contributed by atoms with Crippen LogP contribution in [0.25, 0.3) is 10.9 Å². The highest BCUT2D eigenvalue weighted by atomic mass is 16.7. The minimum absolute atomic E-state index is 0.165. The molecular formula is C21H17N3O4. The molecular weight excluding hydrogens is 358 g/mol. The first kappa shape index (κ1) is 16.6. The summed E-state index contributed by atoms with van der Waals surface area (Å²) >= 11 is 0. The van der Waals surface area contributed by atoms with Crippen LogP contribution in [0.2, 0.25) is 0 Å². The molecule has 1 aromatic heterocycles. The molecule has 1 aliphatic heterocycles. The predicted octanol–water partition coefficient (Wildman–Crippen LogP) is 3.32. The van der Waals surface area contributed by atoms with Gasteiger partial charge in [0.15, 0.2) is 11.5 Å². The Morgan fingerprint density at radius 3 is 2.57 bits per heavy atom. The lowest BCUT2D eigenvalue weighted by atomic mass is 10.0. The Balaban J connectivity index is 1.35. The zero-order valence-corrected chi connectivity index (χ0v) is 14.9. The summed E-state index contributed by atoms with van der Waals surface area (Å²) in [5, 5.41) is 6.64. The van der Waals surface area contributed by atoms with Crippen molar-refractivity contribution in [3.8, 4) is 11.5 Å². The molecule has 2 aliphatic rings. The fourth-order valence-electron chi connectivity index (χ4n) is 3.35. The smallest absolute Gasteiger partial charge is 0.240 e. The maximum Gasteiger partial charge on any atom is 0.240 e. The second kappa shape index (κ2) is 6.23. The summed E-state index contributed by atoms with van der Waals surface area (Å²) in [7, 11) is 0. The van der Waals surface area contributed by atoms with E-state index in [1.165, 1.54) is 0 Å². The van der Waals surface area contributed by atoms with E-state index >= 15 is 0 Å². The largest absolute Gasteiger partial charge is 0.454 e. The topological polar surface area (TPSA) is 89.5 Å². The maximum absolute atomic E-state index is 12.9. The molecule has 0 bridgehead atoms. The van der Waals surface area contributed by atoms with Crippen LogP contribution in [-0.4, -0.2) is 23.6 Å². The van der Waals surface area contributed by atoms with E-state index in [1.807, 2.05) is 24.3 Å². The SMILES string of the molecule is O=C(Nc1ccc2c(c1)OCO2)C1(C(=O)Nc2cccc3cccnc23)CC1. The molecule has 3 aromatic rings. The van der Waals surface area contributed by atoms with Crippen molar-refractivity contribution in [2.45, 2.75) is 12.8 Å². The highest BCUT2D eigenvalue weighted by Gasteiger charge is 2.56. The lowest BCUT2D eigenvalue weighted by Crippen LogP contribution is -2.35. The lowest BCUT2D eigenvalue weighted by Gasteiger charge is -2.16. The van der Waals surface area contributed by atoms with Crippen molar-refractivity contribution in [3.05, 3.63) is 54.7 Å². The minimum atomic E-state index is -1.06. The Bertz CT molecular complexity index is 1100. The first-order valence-electron chi connectivity index (χ1n) is 9.02. The van der Waals surface area contributed by atoms with E-state index in [1.54, 1.807) is 30.5 Å².